The van der Waals surface area contributed by atoms with Crippen LogP contribution in [-0.4, -0.2) is 36.8 Å². The highest BCUT2D eigenvalue weighted by atomic mass is 16.6. The highest BCUT2D eigenvalue weighted by Crippen LogP contribution is 2.40. The minimum absolute atomic E-state index is 0.166. The Morgan fingerprint density at radius 3 is 2.78 bits per heavy atom. The number of pyridine rings is 1. The van der Waals surface area contributed by atoms with Crippen LogP contribution in [0.1, 0.15) is 42.5 Å². The van der Waals surface area contributed by atoms with Gasteiger partial charge in [-0.25, -0.2) is 0 Å². The molecule has 2 heterocycles. The summed E-state index contributed by atoms with van der Waals surface area (Å²) in [4.78, 5) is 18.1. The topological polar surface area (TPSA) is 62.1 Å². The van der Waals surface area contributed by atoms with Crippen LogP contribution in [-0.2, 0) is 0 Å². The average Bonchev–Trinajstić information content (AvgIpc) is 2.73. The molecule has 1 aromatic heterocycles. The van der Waals surface area contributed by atoms with Gasteiger partial charge in [0.05, 0.1) is 13.2 Å². The molecule has 1 aliphatic heterocycles. The quantitative estimate of drug-likeness (QED) is 0.835. The van der Waals surface area contributed by atoms with E-state index in [9.17, 15) is 4.79 Å². The van der Waals surface area contributed by atoms with Crippen LogP contribution in [0.3, 0.4) is 0 Å². The van der Waals surface area contributed by atoms with Gasteiger partial charge in [0, 0.05) is 11.8 Å². The van der Waals surface area contributed by atoms with Crippen molar-refractivity contribution in [2.75, 3.05) is 20.3 Å². The summed E-state index contributed by atoms with van der Waals surface area (Å²) >= 11 is 0. The van der Waals surface area contributed by atoms with E-state index in [1.54, 1.807) is 30.0 Å². The number of nitrogens with zero attached hydrogens (tertiary/aromatic N) is 2. The number of hydrogen-bond acceptors (Lipinski definition) is 5. The molecule has 142 valence electrons. The molecule has 0 N–H and O–H groups in total. The zero-order valence-corrected chi connectivity index (χ0v) is 15.5. The Morgan fingerprint density at radius 1 is 1.15 bits per heavy atom. The first-order valence-electron chi connectivity index (χ1n) is 9.50. The number of fused-ring (bicyclic) bond motifs is 1. The first-order valence-corrected chi connectivity index (χ1v) is 9.50. The third-order valence-electron chi connectivity index (χ3n) is 5.02. The monoisotopic (exact) mass is 368 g/mol. The first-order chi connectivity index (χ1) is 13.3. The van der Waals surface area contributed by atoms with Gasteiger partial charge in [0.2, 0.25) is 5.75 Å². The summed E-state index contributed by atoms with van der Waals surface area (Å²) in [6.45, 7) is 0.920. The molecule has 0 spiro atoms. The van der Waals surface area contributed by atoms with E-state index in [-0.39, 0.29) is 11.9 Å². The zero-order valence-electron chi connectivity index (χ0n) is 15.5. The Kier molecular flexibility index (Phi) is 5.14. The highest BCUT2D eigenvalue weighted by molar-refractivity contribution is 5.97. The van der Waals surface area contributed by atoms with Crippen molar-refractivity contribution in [2.45, 2.75) is 38.1 Å². The van der Waals surface area contributed by atoms with Gasteiger partial charge < -0.3 is 14.2 Å². The molecule has 0 unspecified atom stereocenters. The summed E-state index contributed by atoms with van der Waals surface area (Å²) in [6.07, 6.45) is 7.61. The van der Waals surface area contributed by atoms with Crippen molar-refractivity contribution < 1.29 is 19.0 Å². The first kappa shape index (κ1) is 17.6. The second kappa shape index (κ2) is 7.86. The third kappa shape index (κ3) is 3.70. The Balaban J connectivity index is 1.72. The molecule has 0 saturated heterocycles. The van der Waals surface area contributed by atoms with Crippen molar-refractivity contribution in [1.29, 1.82) is 0 Å². The van der Waals surface area contributed by atoms with E-state index in [4.69, 9.17) is 19.2 Å². The predicted molar refractivity (Wildman–Crippen MR) is 101 cm³/mol. The van der Waals surface area contributed by atoms with Gasteiger partial charge in [-0.15, -0.1) is 0 Å². The van der Waals surface area contributed by atoms with Gasteiger partial charge in [-0.2, -0.15) is 0 Å². The molecule has 0 amide bonds. The molecule has 2 aromatic rings. The molecule has 1 fully saturated rings. The van der Waals surface area contributed by atoms with E-state index in [1.807, 2.05) is 18.2 Å². The number of methoxy groups -OCH3 is 1. The molecule has 1 aliphatic carbocycles. The van der Waals surface area contributed by atoms with Crippen LogP contribution in [0.5, 0.6) is 17.2 Å². The Morgan fingerprint density at radius 2 is 1.96 bits per heavy atom. The van der Waals surface area contributed by atoms with Crippen LogP contribution in [0.25, 0.3) is 0 Å². The number of ether oxygens (including phenoxy) is 3. The molecule has 6 heteroatoms. The fraction of sp³-hybridized carbons (Fsp3) is 0.429. The largest absolute Gasteiger partial charge is 0.493 e. The van der Waals surface area contributed by atoms with E-state index in [1.165, 1.54) is 19.3 Å². The number of carbonyl (C=O) groups excluding carboxylic acids is 1. The lowest BCUT2D eigenvalue weighted by Crippen LogP contribution is -2.29. The second-order valence-electron chi connectivity index (χ2n) is 6.86. The minimum atomic E-state index is -0.166. The molecule has 4 rings (SSSR count). The Labute approximate surface area is 158 Å². The SMILES string of the molecule is COc1cc(C(=O)n2ccccc2=NC2CCCCC2)cc2c1OCCO2. The summed E-state index contributed by atoms with van der Waals surface area (Å²) in [5.41, 5.74) is 1.16. The molecule has 0 atom stereocenters. The number of hydrogen-bond donors (Lipinski definition) is 0. The van der Waals surface area contributed by atoms with Crippen LogP contribution in [0.4, 0.5) is 0 Å². The molecular weight excluding hydrogens is 344 g/mol. The molecular formula is C21H24N2O4. The molecule has 6 nitrogen and oxygen atoms in total. The maximum Gasteiger partial charge on any atom is 0.263 e. The van der Waals surface area contributed by atoms with Gasteiger partial charge >= 0.3 is 0 Å². The van der Waals surface area contributed by atoms with E-state index >= 15 is 0 Å². The lowest BCUT2D eigenvalue weighted by Gasteiger charge is -2.21. The van der Waals surface area contributed by atoms with E-state index in [2.05, 4.69) is 0 Å². The molecule has 1 saturated carbocycles. The van der Waals surface area contributed by atoms with Crippen molar-refractivity contribution in [1.82, 2.24) is 4.57 Å². The lowest BCUT2D eigenvalue weighted by molar-refractivity contribution is 0.0952. The minimum Gasteiger partial charge on any atom is -0.493 e. The number of benzene rings is 1. The van der Waals surface area contributed by atoms with Crippen molar-refractivity contribution in [3.63, 3.8) is 0 Å². The Hall–Kier alpha value is -2.76. The average molecular weight is 368 g/mol. The van der Waals surface area contributed by atoms with Gasteiger partial charge in [-0.3, -0.25) is 14.4 Å². The lowest BCUT2D eigenvalue weighted by atomic mass is 9.96. The second-order valence-corrected chi connectivity index (χ2v) is 6.86. The van der Waals surface area contributed by atoms with Crippen molar-refractivity contribution in [2.24, 2.45) is 4.99 Å². The van der Waals surface area contributed by atoms with E-state index in [0.717, 1.165) is 12.8 Å². The van der Waals surface area contributed by atoms with Gasteiger partial charge in [-0.1, -0.05) is 25.3 Å². The van der Waals surface area contributed by atoms with Crippen LogP contribution in [0, 0.1) is 0 Å². The van der Waals surface area contributed by atoms with Gasteiger partial charge in [0.25, 0.3) is 5.91 Å². The van der Waals surface area contributed by atoms with Crippen LogP contribution in [0.2, 0.25) is 0 Å². The number of carbonyl (C=O) groups is 1. The van der Waals surface area contributed by atoms with Crippen molar-refractivity contribution >= 4 is 5.91 Å². The van der Waals surface area contributed by atoms with Crippen LogP contribution in [0.15, 0.2) is 41.5 Å². The van der Waals surface area contributed by atoms with Crippen LogP contribution >= 0.6 is 0 Å². The number of rotatable bonds is 3. The van der Waals surface area contributed by atoms with Crippen LogP contribution < -0.4 is 19.7 Å². The predicted octanol–water partition coefficient (Wildman–Crippen LogP) is 3.19. The molecule has 0 bridgehead atoms. The summed E-state index contributed by atoms with van der Waals surface area (Å²) < 4.78 is 18.3. The maximum atomic E-state index is 13.2. The summed E-state index contributed by atoms with van der Waals surface area (Å²) in [5, 5.41) is 0. The summed E-state index contributed by atoms with van der Waals surface area (Å²) in [7, 11) is 1.56. The van der Waals surface area contributed by atoms with E-state index < -0.39 is 0 Å². The smallest absolute Gasteiger partial charge is 0.263 e. The summed E-state index contributed by atoms with van der Waals surface area (Å²) in [6, 6.07) is 9.34. The molecule has 27 heavy (non-hydrogen) atoms. The standard InChI is InChI=1S/C21H24N2O4/c1-25-17-13-15(14-18-20(17)27-12-11-26-18)21(24)23-10-6-5-9-19(23)22-16-7-3-2-4-8-16/h5-6,9-10,13-14,16H,2-4,7-8,11-12H2,1H3. The summed E-state index contributed by atoms with van der Waals surface area (Å²) in [5.74, 6) is 1.41. The molecule has 1 aromatic carbocycles. The van der Waals surface area contributed by atoms with Gasteiger partial charge in [0.1, 0.15) is 18.7 Å². The van der Waals surface area contributed by atoms with Crippen molar-refractivity contribution in [3.8, 4) is 17.2 Å². The Bertz CT molecular complexity index is 880. The third-order valence-corrected chi connectivity index (χ3v) is 5.02. The highest BCUT2D eigenvalue weighted by Gasteiger charge is 2.22. The van der Waals surface area contributed by atoms with Crippen molar-refractivity contribution in [3.05, 3.63) is 47.6 Å². The molecule has 0 radical (unpaired) electrons. The van der Waals surface area contributed by atoms with E-state index in [0.29, 0.717) is 41.5 Å². The maximum absolute atomic E-state index is 13.2. The normalized spacial score (nSPS) is 17.6. The van der Waals surface area contributed by atoms with Gasteiger partial charge in [-0.05, 0) is 37.1 Å². The fourth-order valence-corrected chi connectivity index (χ4v) is 3.64. The number of aromatic nitrogens is 1. The van der Waals surface area contributed by atoms with Gasteiger partial charge in [0.15, 0.2) is 11.5 Å². The fourth-order valence-electron chi connectivity index (χ4n) is 3.64. The molecule has 2 aliphatic rings. The zero-order chi connectivity index (χ0) is 18.6.